The molecule has 0 saturated heterocycles. The highest BCUT2D eigenvalue weighted by Gasteiger charge is 2.12. The molecule has 0 fully saturated rings. The van der Waals surface area contributed by atoms with E-state index in [1.807, 2.05) is 6.07 Å². The minimum atomic E-state index is -0.150. The predicted molar refractivity (Wildman–Crippen MR) is 58.6 cm³/mol. The Hall–Kier alpha value is -1.90. The Labute approximate surface area is 89.0 Å². The van der Waals surface area contributed by atoms with Crippen LogP contribution in [0.25, 0.3) is 0 Å². The van der Waals surface area contributed by atoms with Gasteiger partial charge in [0.1, 0.15) is 6.29 Å². The number of amides is 1. The molecule has 1 amide bonds. The van der Waals surface area contributed by atoms with Crippen molar-refractivity contribution in [3.05, 3.63) is 48.6 Å². The number of hydrogen-bond donors (Lipinski definition) is 0. The standard InChI is InChI=1S/C12H13NO2/c1-2-8-13(9-10-14)12(15)11-6-4-3-5-7-11/h2-7,10H,1,8-9H2. The van der Waals surface area contributed by atoms with Gasteiger partial charge in [0.05, 0.1) is 6.54 Å². The first-order valence-corrected chi connectivity index (χ1v) is 4.68. The molecule has 0 heterocycles. The quantitative estimate of drug-likeness (QED) is 0.537. The van der Waals surface area contributed by atoms with Gasteiger partial charge in [0.2, 0.25) is 0 Å². The van der Waals surface area contributed by atoms with E-state index in [2.05, 4.69) is 6.58 Å². The molecule has 0 bridgehead atoms. The zero-order valence-corrected chi connectivity index (χ0v) is 8.43. The molecule has 3 heteroatoms. The molecule has 0 saturated carbocycles. The van der Waals surface area contributed by atoms with Gasteiger partial charge in [0.15, 0.2) is 0 Å². The largest absolute Gasteiger partial charge is 0.328 e. The fourth-order valence-corrected chi connectivity index (χ4v) is 1.25. The molecule has 0 aliphatic carbocycles. The van der Waals surface area contributed by atoms with Crippen LogP contribution in [0.4, 0.5) is 0 Å². The van der Waals surface area contributed by atoms with E-state index in [-0.39, 0.29) is 12.5 Å². The van der Waals surface area contributed by atoms with Gasteiger partial charge in [0, 0.05) is 12.1 Å². The van der Waals surface area contributed by atoms with E-state index >= 15 is 0 Å². The van der Waals surface area contributed by atoms with E-state index in [9.17, 15) is 9.59 Å². The normalized spacial score (nSPS) is 9.33. The Bertz CT molecular complexity index is 336. The van der Waals surface area contributed by atoms with Gasteiger partial charge in [-0.3, -0.25) is 4.79 Å². The van der Waals surface area contributed by atoms with Crippen LogP contribution in [0.3, 0.4) is 0 Å². The zero-order valence-electron chi connectivity index (χ0n) is 8.43. The molecule has 0 aliphatic heterocycles. The van der Waals surface area contributed by atoms with Crippen LogP contribution in [0.1, 0.15) is 10.4 Å². The second kappa shape index (κ2) is 5.75. The van der Waals surface area contributed by atoms with Gasteiger partial charge in [-0.15, -0.1) is 6.58 Å². The van der Waals surface area contributed by atoms with Crippen molar-refractivity contribution in [3.8, 4) is 0 Å². The van der Waals surface area contributed by atoms with Crippen molar-refractivity contribution in [1.82, 2.24) is 4.90 Å². The molecule has 0 unspecified atom stereocenters. The van der Waals surface area contributed by atoms with Crippen LogP contribution in [-0.2, 0) is 4.79 Å². The average molecular weight is 203 g/mol. The number of carbonyl (C=O) groups excluding carboxylic acids is 2. The maximum absolute atomic E-state index is 11.8. The molecule has 1 aromatic carbocycles. The third-order valence-corrected chi connectivity index (χ3v) is 1.95. The molecule has 0 spiro atoms. The molecule has 0 N–H and O–H groups in total. The van der Waals surface area contributed by atoms with Crippen LogP contribution in [0.2, 0.25) is 0 Å². The number of benzene rings is 1. The van der Waals surface area contributed by atoms with Crippen LogP contribution in [0, 0.1) is 0 Å². The van der Waals surface area contributed by atoms with Crippen molar-refractivity contribution in [3.63, 3.8) is 0 Å². The van der Waals surface area contributed by atoms with E-state index in [1.54, 1.807) is 30.3 Å². The molecule has 1 rings (SSSR count). The minimum Gasteiger partial charge on any atom is -0.328 e. The Morgan fingerprint density at radius 2 is 1.93 bits per heavy atom. The maximum Gasteiger partial charge on any atom is 0.254 e. The first-order valence-electron chi connectivity index (χ1n) is 4.68. The van der Waals surface area contributed by atoms with Gasteiger partial charge in [0.25, 0.3) is 5.91 Å². The number of rotatable bonds is 5. The second-order valence-corrected chi connectivity index (χ2v) is 3.03. The van der Waals surface area contributed by atoms with Gasteiger partial charge >= 0.3 is 0 Å². The SMILES string of the molecule is C=CCN(CC=O)C(=O)c1ccccc1. The molecule has 0 radical (unpaired) electrons. The van der Waals surface area contributed by atoms with Crippen LogP contribution in [0.5, 0.6) is 0 Å². The summed E-state index contributed by atoms with van der Waals surface area (Å²) < 4.78 is 0. The lowest BCUT2D eigenvalue weighted by Gasteiger charge is -2.17. The van der Waals surface area contributed by atoms with Crippen molar-refractivity contribution < 1.29 is 9.59 Å². The Kier molecular flexibility index (Phi) is 4.29. The second-order valence-electron chi connectivity index (χ2n) is 3.03. The van der Waals surface area contributed by atoms with Crippen molar-refractivity contribution in [2.45, 2.75) is 0 Å². The van der Waals surface area contributed by atoms with Gasteiger partial charge in [-0.1, -0.05) is 24.3 Å². The highest BCUT2D eigenvalue weighted by molar-refractivity contribution is 5.95. The van der Waals surface area contributed by atoms with Crippen molar-refractivity contribution in [1.29, 1.82) is 0 Å². The highest BCUT2D eigenvalue weighted by Crippen LogP contribution is 2.03. The van der Waals surface area contributed by atoms with Crippen LogP contribution in [0.15, 0.2) is 43.0 Å². The highest BCUT2D eigenvalue weighted by atomic mass is 16.2. The molecule has 15 heavy (non-hydrogen) atoms. The van der Waals surface area contributed by atoms with Crippen LogP contribution >= 0.6 is 0 Å². The first kappa shape index (κ1) is 11.2. The molecular weight excluding hydrogens is 190 g/mol. The molecule has 3 nitrogen and oxygen atoms in total. The number of aldehydes is 1. The summed E-state index contributed by atoms with van der Waals surface area (Å²) in [7, 11) is 0. The molecule has 0 aliphatic rings. The Balaban J connectivity index is 2.80. The van der Waals surface area contributed by atoms with Crippen molar-refractivity contribution in [2.24, 2.45) is 0 Å². The summed E-state index contributed by atoms with van der Waals surface area (Å²) in [5, 5.41) is 0. The first-order chi connectivity index (χ1) is 7.29. The number of hydrogen-bond acceptors (Lipinski definition) is 2. The van der Waals surface area contributed by atoms with Gasteiger partial charge in [-0.05, 0) is 12.1 Å². The lowest BCUT2D eigenvalue weighted by Crippen LogP contribution is -2.32. The topological polar surface area (TPSA) is 37.4 Å². The smallest absolute Gasteiger partial charge is 0.254 e. The summed E-state index contributed by atoms with van der Waals surface area (Å²) in [5.41, 5.74) is 0.584. The zero-order chi connectivity index (χ0) is 11.1. The summed E-state index contributed by atoms with van der Waals surface area (Å²) in [4.78, 5) is 23.7. The summed E-state index contributed by atoms with van der Waals surface area (Å²) in [6.07, 6.45) is 2.31. The van der Waals surface area contributed by atoms with E-state index in [1.165, 1.54) is 4.90 Å². The van der Waals surface area contributed by atoms with E-state index in [0.29, 0.717) is 18.4 Å². The molecule has 78 valence electrons. The average Bonchev–Trinajstić information content (AvgIpc) is 2.29. The van der Waals surface area contributed by atoms with E-state index < -0.39 is 0 Å². The lowest BCUT2D eigenvalue weighted by atomic mass is 10.2. The summed E-state index contributed by atoms with van der Waals surface area (Å²) in [5.74, 6) is -0.150. The Morgan fingerprint density at radius 3 is 2.47 bits per heavy atom. The molecule has 0 aromatic heterocycles. The molecule has 1 aromatic rings. The summed E-state index contributed by atoms with van der Waals surface area (Å²) in [6, 6.07) is 8.88. The maximum atomic E-state index is 11.8. The monoisotopic (exact) mass is 203 g/mol. The Morgan fingerprint density at radius 1 is 1.27 bits per heavy atom. The van der Waals surface area contributed by atoms with Gasteiger partial charge in [-0.25, -0.2) is 0 Å². The lowest BCUT2D eigenvalue weighted by molar-refractivity contribution is -0.108. The van der Waals surface area contributed by atoms with Crippen LogP contribution in [-0.4, -0.2) is 30.2 Å². The fraction of sp³-hybridized carbons (Fsp3) is 0.167. The van der Waals surface area contributed by atoms with E-state index in [0.717, 1.165) is 0 Å². The minimum absolute atomic E-state index is 0.0970. The number of nitrogens with zero attached hydrogens (tertiary/aromatic N) is 1. The predicted octanol–water partition coefficient (Wildman–Crippen LogP) is 1.51. The molecular formula is C12H13NO2. The third kappa shape index (κ3) is 3.06. The number of carbonyl (C=O) groups is 2. The van der Waals surface area contributed by atoms with Gasteiger partial charge in [-0.2, -0.15) is 0 Å². The van der Waals surface area contributed by atoms with Gasteiger partial charge < -0.3 is 9.69 Å². The van der Waals surface area contributed by atoms with E-state index in [4.69, 9.17) is 0 Å². The summed E-state index contributed by atoms with van der Waals surface area (Å²) in [6.45, 7) is 4.03. The molecule has 0 atom stereocenters. The third-order valence-electron chi connectivity index (χ3n) is 1.95. The summed E-state index contributed by atoms with van der Waals surface area (Å²) >= 11 is 0. The van der Waals surface area contributed by atoms with Crippen molar-refractivity contribution >= 4 is 12.2 Å². The van der Waals surface area contributed by atoms with Crippen molar-refractivity contribution in [2.75, 3.05) is 13.1 Å². The fourth-order valence-electron chi connectivity index (χ4n) is 1.25. The van der Waals surface area contributed by atoms with Crippen LogP contribution < -0.4 is 0 Å².